The molecular weight excluding hydrogens is 306 g/mol. The molecule has 0 aliphatic carbocycles. The van der Waals surface area contributed by atoms with E-state index in [-0.39, 0.29) is 11.8 Å². The van der Waals surface area contributed by atoms with E-state index in [1.54, 1.807) is 23.9 Å². The number of unbranched alkanes of at least 4 members (excludes halogenated alkanes) is 2. The molecule has 0 fully saturated rings. The van der Waals surface area contributed by atoms with Gasteiger partial charge in [0.15, 0.2) is 5.82 Å². The SMILES string of the molecule is CC(C)CCCCCC(=O)N(C)Cc1nnc2n1CCN(C)C2=O. The van der Waals surface area contributed by atoms with Gasteiger partial charge in [-0.15, -0.1) is 10.2 Å². The minimum absolute atomic E-state index is 0.112. The maximum absolute atomic E-state index is 12.2. The van der Waals surface area contributed by atoms with Crippen molar-refractivity contribution in [3.63, 3.8) is 0 Å². The summed E-state index contributed by atoms with van der Waals surface area (Å²) in [7, 11) is 3.55. The molecule has 134 valence electrons. The molecule has 1 aromatic rings. The molecular formula is C17H29N5O2. The lowest BCUT2D eigenvalue weighted by molar-refractivity contribution is -0.130. The number of carbonyl (C=O) groups excluding carboxylic acids is 2. The number of rotatable bonds is 8. The van der Waals surface area contributed by atoms with Crippen molar-refractivity contribution < 1.29 is 9.59 Å². The fourth-order valence-electron chi connectivity index (χ4n) is 2.86. The standard InChI is InChI=1S/C17H29N5O2/c1-13(2)8-6-5-7-9-15(23)21(4)12-14-18-19-16-17(24)20(3)10-11-22(14)16/h13H,5-12H2,1-4H3. The highest BCUT2D eigenvalue weighted by Crippen LogP contribution is 2.14. The summed E-state index contributed by atoms with van der Waals surface area (Å²) in [4.78, 5) is 27.6. The van der Waals surface area contributed by atoms with E-state index in [1.807, 2.05) is 4.57 Å². The third-order valence-corrected chi connectivity index (χ3v) is 4.50. The van der Waals surface area contributed by atoms with Crippen molar-refractivity contribution in [2.45, 2.75) is 59.0 Å². The Balaban J connectivity index is 1.82. The van der Waals surface area contributed by atoms with Crippen LogP contribution < -0.4 is 0 Å². The zero-order valence-electron chi connectivity index (χ0n) is 15.3. The van der Waals surface area contributed by atoms with Crippen LogP contribution in [0.4, 0.5) is 0 Å². The molecule has 1 aromatic heterocycles. The number of hydrogen-bond donors (Lipinski definition) is 0. The minimum atomic E-state index is -0.112. The highest BCUT2D eigenvalue weighted by atomic mass is 16.2. The monoisotopic (exact) mass is 335 g/mol. The number of fused-ring (bicyclic) bond motifs is 1. The van der Waals surface area contributed by atoms with Gasteiger partial charge in [0.1, 0.15) is 0 Å². The summed E-state index contributed by atoms with van der Waals surface area (Å²) >= 11 is 0. The van der Waals surface area contributed by atoms with Gasteiger partial charge in [-0.2, -0.15) is 0 Å². The van der Waals surface area contributed by atoms with Crippen molar-refractivity contribution in [3.05, 3.63) is 11.6 Å². The first-order valence-corrected chi connectivity index (χ1v) is 8.81. The third-order valence-electron chi connectivity index (χ3n) is 4.50. The van der Waals surface area contributed by atoms with Crippen LogP contribution in [0.1, 0.15) is 62.4 Å². The molecule has 0 radical (unpaired) electrons. The lowest BCUT2D eigenvalue weighted by atomic mass is 10.0. The zero-order chi connectivity index (χ0) is 17.7. The minimum Gasteiger partial charge on any atom is -0.338 e. The Morgan fingerprint density at radius 1 is 1.21 bits per heavy atom. The predicted molar refractivity (Wildman–Crippen MR) is 91.4 cm³/mol. The summed E-state index contributed by atoms with van der Waals surface area (Å²) < 4.78 is 1.83. The first-order valence-electron chi connectivity index (χ1n) is 8.81. The van der Waals surface area contributed by atoms with Crippen molar-refractivity contribution in [2.75, 3.05) is 20.6 Å². The van der Waals surface area contributed by atoms with Crippen LogP contribution in [0, 0.1) is 5.92 Å². The van der Waals surface area contributed by atoms with Gasteiger partial charge in [-0.3, -0.25) is 9.59 Å². The van der Waals surface area contributed by atoms with Crippen LogP contribution in [0.3, 0.4) is 0 Å². The molecule has 0 saturated heterocycles. The Morgan fingerprint density at radius 3 is 2.67 bits per heavy atom. The second-order valence-corrected chi connectivity index (χ2v) is 7.06. The fraction of sp³-hybridized carbons (Fsp3) is 0.765. The average Bonchev–Trinajstić information content (AvgIpc) is 2.93. The first kappa shape index (κ1) is 18.4. The van der Waals surface area contributed by atoms with Crippen LogP contribution in [0.25, 0.3) is 0 Å². The Hall–Kier alpha value is -1.92. The highest BCUT2D eigenvalue weighted by molar-refractivity contribution is 5.91. The van der Waals surface area contributed by atoms with Crippen molar-refractivity contribution in [3.8, 4) is 0 Å². The lowest BCUT2D eigenvalue weighted by Gasteiger charge is -2.24. The molecule has 24 heavy (non-hydrogen) atoms. The van der Waals surface area contributed by atoms with Gasteiger partial charge in [0.05, 0.1) is 6.54 Å². The van der Waals surface area contributed by atoms with E-state index in [0.29, 0.717) is 37.7 Å². The van der Waals surface area contributed by atoms with Gasteiger partial charge in [-0.25, -0.2) is 0 Å². The van der Waals surface area contributed by atoms with Crippen molar-refractivity contribution in [1.29, 1.82) is 0 Å². The zero-order valence-corrected chi connectivity index (χ0v) is 15.3. The normalized spacial score (nSPS) is 14.2. The Labute approximate surface area is 144 Å². The predicted octanol–water partition coefficient (Wildman–Crippen LogP) is 1.93. The van der Waals surface area contributed by atoms with Gasteiger partial charge in [-0.1, -0.05) is 33.1 Å². The quantitative estimate of drug-likeness (QED) is 0.681. The number of likely N-dealkylation sites (N-methyl/N-ethyl adjacent to an activating group) is 1. The summed E-state index contributed by atoms with van der Waals surface area (Å²) in [6.45, 7) is 6.16. The van der Waals surface area contributed by atoms with Gasteiger partial charge in [0.25, 0.3) is 5.91 Å². The molecule has 7 nitrogen and oxygen atoms in total. The van der Waals surface area contributed by atoms with E-state index in [4.69, 9.17) is 0 Å². The molecule has 1 aliphatic rings. The molecule has 0 saturated carbocycles. The van der Waals surface area contributed by atoms with Crippen molar-refractivity contribution >= 4 is 11.8 Å². The van der Waals surface area contributed by atoms with Crippen LogP contribution in [0.5, 0.6) is 0 Å². The maximum atomic E-state index is 12.2. The lowest BCUT2D eigenvalue weighted by Crippen LogP contribution is -2.38. The highest BCUT2D eigenvalue weighted by Gasteiger charge is 2.27. The molecule has 1 aliphatic heterocycles. The number of amides is 2. The number of carbonyl (C=O) groups is 2. The Kier molecular flexibility index (Phi) is 6.34. The molecule has 0 N–H and O–H groups in total. The first-order chi connectivity index (χ1) is 11.4. The van der Waals surface area contributed by atoms with Gasteiger partial charge < -0.3 is 14.4 Å². The number of hydrogen-bond acceptors (Lipinski definition) is 4. The smallest absolute Gasteiger partial charge is 0.291 e. The third kappa shape index (κ3) is 4.55. The van der Waals surface area contributed by atoms with Crippen molar-refractivity contribution in [2.24, 2.45) is 5.92 Å². The molecule has 0 bridgehead atoms. The largest absolute Gasteiger partial charge is 0.338 e. The second-order valence-electron chi connectivity index (χ2n) is 7.06. The van der Waals surface area contributed by atoms with E-state index in [0.717, 1.165) is 18.8 Å². The van der Waals surface area contributed by atoms with E-state index >= 15 is 0 Å². The summed E-state index contributed by atoms with van der Waals surface area (Å²) in [5, 5.41) is 8.09. The summed E-state index contributed by atoms with van der Waals surface area (Å²) in [6.07, 6.45) is 4.99. The average molecular weight is 335 g/mol. The van der Waals surface area contributed by atoms with E-state index in [2.05, 4.69) is 24.0 Å². The van der Waals surface area contributed by atoms with Gasteiger partial charge in [0, 0.05) is 33.6 Å². The summed E-state index contributed by atoms with van der Waals surface area (Å²) in [5.74, 6) is 1.79. The Morgan fingerprint density at radius 2 is 1.96 bits per heavy atom. The van der Waals surface area contributed by atoms with E-state index in [1.165, 1.54) is 12.8 Å². The maximum Gasteiger partial charge on any atom is 0.291 e. The topological polar surface area (TPSA) is 71.3 Å². The Bertz CT molecular complexity index is 582. The molecule has 2 rings (SSSR count). The van der Waals surface area contributed by atoms with Crippen LogP contribution in [0.15, 0.2) is 0 Å². The van der Waals surface area contributed by atoms with E-state index in [9.17, 15) is 9.59 Å². The van der Waals surface area contributed by atoms with Gasteiger partial charge >= 0.3 is 0 Å². The molecule has 0 unspecified atom stereocenters. The molecule has 0 atom stereocenters. The fourth-order valence-corrected chi connectivity index (χ4v) is 2.86. The van der Waals surface area contributed by atoms with Crippen LogP contribution >= 0.6 is 0 Å². The summed E-state index contributed by atoms with van der Waals surface area (Å²) in [6, 6.07) is 0. The van der Waals surface area contributed by atoms with Crippen molar-refractivity contribution in [1.82, 2.24) is 24.6 Å². The second kappa shape index (κ2) is 8.26. The van der Waals surface area contributed by atoms with Crippen LogP contribution in [-0.4, -0.2) is 57.0 Å². The number of aromatic nitrogens is 3. The molecule has 0 aromatic carbocycles. The van der Waals surface area contributed by atoms with E-state index < -0.39 is 0 Å². The van der Waals surface area contributed by atoms with Gasteiger partial charge in [0.2, 0.25) is 11.7 Å². The molecule has 7 heteroatoms. The van der Waals surface area contributed by atoms with Crippen LogP contribution in [0.2, 0.25) is 0 Å². The van der Waals surface area contributed by atoms with Crippen LogP contribution in [-0.2, 0) is 17.9 Å². The molecule has 2 amide bonds. The number of nitrogens with zero attached hydrogens (tertiary/aromatic N) is 5. The molecule has 0 spiro atoms. The molecule has 2 heterocycles. The summed E-state index contributed by atoms with van der Waals surface area (Å²) in [5.41, 5.74) is 0. The van der Waals surface area contributed by atoms with Gasteiger partial charge in [-0.05, 0) is 12.3 Å².